The summed E-state index contributed by atoms with van der Waals surface area (Å²) in [5, 5.41) is 8.29. The van der Waals surface area contributed by atoms with Gasteiger partial charge in [0.25, 0.3) is 5.56 Å². The van der Waals surface area contributed by atoms with Crippen molar-refractivity contribution in [2.24, 2.45) is 7.05 Å². The molecule has 1 aliphatic heterocycles. The summed E-state index contributed by atoms with van der Waals surface area (Å²) < 4.78 is 24.9. The molecule has 1 saturated carbocycles. The molecule has 3 aromatic carbocycles. The summed E-state index contributed by atoms with van der Waals surface area (Å²) in [5.41, 5.74) is 6.22. The molecule has 0 spiro atoms. The fourth-order valence-corrected chi connectivity index (χ4v) is 7.95. The highest BCUT2D eigenvalue weighted by atomic mass is 19.1. The van der Waals surface area contributed by atoms with Crippen molar-refractivity contribution in [3.05, 3.63) is 135 Å². The third-order valence-corrected chi connectivity index (χ3v) is 10.7. The molecule has 8 rings (SSSR count). The third kappa shape index (κ3) is 7.37. The first kappa shape index (κ1) is 34.8. The Hall–Kier alpha value is -5.23. The molecule has 1 aliphatic carbocycles. The quantitative estimate of drug-likeness (QED) is 0.189. The van der Waals surface area contributed by atoms with Gasteiger partial charge in [-0.25, -0.2) is 18.7 Å². The Labute approximate surface area is 307 Å². The summed E-state index contributed by atoms with van der Waals surface area (Å²) in [7, 11) is 1.95. The largest absolute Gasteiger partial charge is 0.380 e. The van der Waals surface area contributed by atoms with Crippen LogP contribution in [0.4, 0.5) is 4.39 Å². The molecule has 6 aromatic rings. The number of ether oxygens (including phenoxy) is 1. The monoisotopic (exact) mass is 713 g/mol. The van der Waals surface area contributed by atoms with Crippen LogP contribution in [0.1, 0.15) is 49.3 Å². The second-order valence-corrected chi connectivity index (χ2v) is 14.2. The number of halogens is 1. The van der Waals surface area contributed by atoms with Gasteiger partial charge in [0.15, 0.2) is 5.65 Å². The van der Waals surface area contributed by atoms with E-state index >= 15 is 0 Å². The maximum Gasteiger partial charge on any atom is 0.337 e. The van der Waals surface area contributed by atoms with E-state index < -0.39 is 17.1 Å². The fourth-order valence-electron chi connectivity index (χ4n) is 7.95. The number of nitrogens with zero attached hydrogens (tertiary/aromatic N) is 6. The van der Waals surface area contributed by atoms with Crippen LogP contribution in [0, 0.1) is 5.82 Å². The number of aryl methyl sites for hydroxylation is 1. The molecule has 0 amide bonds. The number of hydrogen-bond acceptors (Lipinski definition) is 7. The molecule has 0 radical (unpaired) electrons. The molecule has 0 unspecified atom stereocenters. The summed E-state index contributed by atoms with van der Waals surface area (Å²) in [5.74, 6) is -0.619. The van der Waals surface area contributed by atoms with E-state index in [-0.39, 0.29) is 23.1 Å². The summed E-state index contributed by atoms with van der Waals surface area (Å²) in [4.78, 5) is 35.1. The first-order valence-electron chi connectivity index (χ1n) is 18.6. The lowest BCUT2D eigenvalue weighted by atomic mass is 9.90. The van der Waals surface area contributed by atoms with Gasteiger partial charge < -0.3 is 10.1 Å². The lowest BCUT2D eigenvalue weighted by Gasteiger charge is -2.30. The molecule has 0 bridgehead atoms. The Kier molecular flexibility index (Phi) is 10.1. The number of aromatic nitrogens is 5. The molecular weight excluding hydrogens is 670 g/mol. The number of rotatable bonds is 9. The molecule has 3 aromatic heterocycles. The van der Waals surface area contributed by atoms with Crippen LogP contribution in [-0.4, -0.2) is 61.1 Å². The number of nitrogens with one attached hydrogen (secondary N) is 1. The van der Waals surface area contributed by atoms with Crippen LogP contribution in [0.15, 0.2) is 107 Å². The van der Waals surface area contributed by atoms with Crippen molar-refractivity contribution in [3.63, 3.8) is 0 Å². The Bertz CT molecular complexity index is 2320. The van der Waals surface area contributed by atoms with Crippen molar-refractivity contribution in [2.45, 2.75) is 57.3 Å². The highest BCUT2D eigenvalue weighted by Crippen LogP contribution is 2.30. The topological polar surface area (TPSA) is 99.2 Å². The minimum absolute atomic E-state index is 0.0866. The van der Waals surface area contributed by atoms with E-state index in [9.17, 15) is 14.0 Å². The van der Waals surface area contributed by atoms with E-state index in [2.05, 4.69) is 56.7 Å². The van der Waals surface area contributed by atoms with Crippen molar-refractivity contribution in [1.82, 2.24) is 34.1 Å². The molecular formula is C42H44FN7O3. The average Bonchev–Trinajstić information content (AvgIpc) is 3.36. The van der Waals surface area contributed by atoms with Gasteiger partial charge in [0, 0.05) is 63.0 Å². The molecule has 2 aliphatic rings. The Morgan fingerprint density at radius 1 is 0.849 bits per heavy atom. The van der Waals surface area contributed by atoms with Crippen LogP contribution in [0.25, 0.3) is 39.1 Å². The molecule has 11 heteroatoms. The van der Waals surface area contributed by atoms with E-state index in [4.69, 9.17) is 4.74 Å². The first-order chi connectivity index (χ1) is 25.9. The SMILES string of the molecule is Cn1ncc(CN[C@H]2CC[C@@H](n3c(=O)c4cc(F)cnc4n(-c4cccc(-c5ccc(CN6CCCOCC6)cc5)c4)c3=O)CC2)c1-c1ccccc1. The second-order valence-electron chi connectivity index (χ2n) is 14.2. The van der Waals surface area contributed by atoms with Gasteiger partial charge in [-0.2, -0.15) is 5.10 Å². The average molecular weight is 714 g/mol. The number of pyridine rings is 1. The van der Waals surface area contributed by atoms with Gasteiger partial charge in [0.05, 0.1) is 35.8 Å². The van der Waals surface area contributed by atoms with Gasteiger partial charge in [-0.3, -0.25) is 18.9 Å². The Morgan fingerprint density at radius 2 is 1.64 bits per heavy atom. The highest BCUT2D eigenvalue weighted by Gasteiger charge is 2.27. The van der Waals surface area contributed by atoms with Crippen molar-refractivity contribution < 1.29 is 9.13 Å². The summed E-state index contributed by atoms with van der Waals surface area (Å²) in [6.07, 6.45) is 6.84. The first-order valence-corrected chi connectivity index (χ1v) is 18.6. The zero-order valence-electron chi connectivity index (χ0n) is 30.0. The smallest absolute Gasteiger partial charge is 0.337 e. The van der Waals surface area contributed by atoms with Crippen LogP contribution < -0.4 is 16.6 Å². The molecule has 1 N–H and O–H groups in total. The van der Waals surface area contributed by atoms with Crippen molar-refractivity contribution in [2.75, 3.05) is 26.3 Å². The molecule has 10 nitrogen and oxygen atoms in total. The second kappa shape index (κ2) is 15.4. The van der Waals surface area contributed by atoms with E-state index in [0.29, 0.717) is 25.1 Å². The van der Waals surface area contributed by atoms with Crippen molar-refractivity contribution >= 4 is 11.0 Å². The van der Waals surface area contributed by atoms with E-state index in [1.54, 1.807) is 0 Å². The van der Waals surface area contributed by atoms with Crippen LogP contribution >= 0.6 is 0 Å². The number of benzene rings is 3. The van der Waals surface area contributed by atoms with Crippen LogP contribution in [0.2, 0.25) is 0 Å². The Morgan fingerprint density at radius 3 is 2.45 bits per heavy atom. The normalized spacial score (nSPS) is 18.3. The van der Waals surface area contributed by atoms with Crippen molar-refractivity contribution in [1.29, 1.82) is 0 Å². The standard InChI is InChI=1S/C42H44FN7O3/c1-47-39(31-7-3-2-4-8-31)33(26-46-47)25-44-35-15-17-36(18-16-35)50-41(51)38-24-34(43)27-45-40(38)49(42(50)52)37-10-5-9-32(23-37)30-13-11-29(12-14-30)28-48-19-6-21-53-22-20-48/h2-5,7-14,23-24,26-27,35-36,44H,6,15-22,25,28H2,1H3/t35-,36+. The number of fused-ring (bicyclic) bond motifs is 1. The lowest BCUT2D eigenvalue weighted by Crippen LogP contribution is -2.44. The van der Waals surface area contributed by atoms with Gasteiger partial charge in [0.2, 0.25) is 0 Å². The molecule has 272 valence electrons. The molecule has 0 atom stereocenters. The summed E-state index contributed by atoms with van der Waals surface area (Å²) >= 11 is 0. The number of hydrogen-bond donors (Lipinski definition) is 1. The lowest BCUT2D eigenvalue weighted by molar-refractivity contribution is 0.140. The van der Waals surface area contributed by atoms with Gasteiger partial charge in [-0.1, -0.05) is 66.7 Å². The van der Waals surface area contributed by atoms with E-state index in [1.807, 2.05) is 60.4 Å². The predicted molar refractivity (Wildman–Crippen MR) is 204 cm³/mol. The summed E-state index contributed by atoms with van der Waals surface area (Å²) in [6, 6.07) is 27.5. The molecule has 1 saturated heterocycles. The zero-order valence-corrected chi connectivity index (χ0v) is 30.0. The van der Waals surface area contributed by atoms with E-state index in [1.165, 1.54) is 20.8 Å². The van der Waals surface area contributed by atoms with Crippen molar-refractivity contribution in [3.8, 4) is 28.1 Å². The van der Waals surface area contributed by atoms with Gasteiger partial charge in [-0.15, -0.1) is 0 Å². The molecule has 53 heavy (non-hydrogen) atoms. The highest BCUT2D eigenvalue weighted by molar-refractivity contribution is 5.76. The van der Waals surface area contributed by atoms with Gasteiger partial charge >= 0.3 is 5.69 Å². The fraction of sp³-hybridized carbons (Fsp3) is 0.333. The maximum atomic E-state index is 14.6. The predicted octanol–water partition coefficient (Wildman–Crippen LogP) is 6.25. The molecule has 4 heterocycles. The minimum atomic E-state index is -0.619. The van der Waals surface area contributed by atoms with E-state index in [0.717, 1.165) is 86.3 Å². The van der Waals surface area contributed by atoms with Crippen LogP contribution in [0.3, 0.4) is 0 Å². The minimum Gasteiger partial charge on any atom is -0.380 e. The zero-order chi connectivity index (χ0) is 36.3. The maximum absolute atomic E-state index is 14.6. The van der Waals surface area contributed by atoms with Crippen LogP contribution in [-0.2, 0) is 24.9 Å². The van der Waals surface area contributed by atoms with Gasteiger partial charge in [-0.05, 0) is 67.0 Å². The molecule has 2 fully saturated rings. The Balaban J connectivity index is 1.03. The van der Waals surface area contributed by atoms with Gasteiger partial charge in [0.1, 0.15) is 5.82 Å². The third-order valence-electron chi connectivity index (χ3n) is 10.7. The van der Waals surface area contributed by atoms with Crippen LogP contribution in [0.5, 0.6) is 0 Å². The summed E-state index contributed by atoms with van der Waals surface area (Å²) in [6.45, 7) is 5.05.